The van der Waals surface area contributed by atoms with Crippen LogP contribution in [0.1, 0.15) is 32.9 Å². The molecule has 20 heavy (non-hydrogen) atoms. The summed E-state index contributed by atoms with van der Waals surface area (Å²) in [6.07, 6.45) is 2.59. The van der Waals surface area contributed by atoms with E-state index in [1.165, 1.54) is 0 Å². The van der Waals surface area contributed by atoms with Crippen molar-refractivity contribution >= 4 is 11.8 Å². The van der Waals surface area contributed by atoms with E-state index in [0.29, 0.717) is 12.2 Å². The summed E-state index contributed by atoms with van der Waals surface area (Å²) in [6.45, 7) is 6.03. The Bertz CT molecular complexity index is 513. The number of aromatic nitrogens is 3. The van der Waals surface area contributed by atoms with Crippen LogP contribution >= 0.6 is 0 Å². The topological polar surface area (TPSA) is 80.1 Å². The molecule has 7 nitrogen and oxygen atoms in total. The molecule has 1 saturated heterocycles. The van der Waals surface area contributed by atoms with E-state index in [4.69, 9.17) is 0 Å². The summed E-state index contributed by atoms with van der Waals surface area (Å²) in [5.41, 5.74) is 0.685. The fourth-order valence-electron chi connectivity index (χ4n) is 2.33. The lowest BCUT2D eigenvalue weighted by molar-refractivity contribution is -0.150. The first kappa shape index (κ1) is 14.5. The van der Waals surface area contributed by atoms with Gasteiger partial charge in [-0.3, -0.25) is 14.3 Å². The highest BCUT2D eigenvalue weighted by Crippen LogP contribution is 2.19. The SMILES string of the molecule is CCC(C)C1NC(=O)C(C)N(Cc2cn(C)nn2)C1=O. The standard InChI is InChI=1S/C13H21N5O2/c1-5-8(2)11-13(20)18(9(3)12(19)14-11)7-10-6-17(4)16-15-10/h6,8-9,11H,5,7H2,1-4H3,(H,14,19). The Balaban J connectivity index is 2.19. The van der Waals surface area contributed by atoms with Gasteiger partial charge in [-0.1, -0.05) is 25.5 Å². The minimum absolute atomic E-state index is 0.0443. The maximum absolute atomic E-state index is 12.5. The number of carbonyl (C=O) groups is 2. The van der Waals surface area contributed by atoms with Gasteiger partial charge in [0.1, 0.15) is 17.8 Å². The molecule has 2 heterocycles. The first-order valence-electron chi connectivity index (χ1n) is 6.90. The van der Waals surface area contributed by atoms with Crippen LogP contribution in [0.2, 0.25) is 0 Å². The number of piperazine rings is 1. The molecule has 0 spiro atoms. The first-order valence-corrected chi connectivity index (χ1v) is 6.90. The third kappa shape index (κ3) is 2.66. The molecule has 1 aromatic rings. The number of aryl methyl sites for hydroxylation is 1. The summed E-state index contributed by atoms with van der Waals surface area (Å²) in [5.74, 6) is -0.0424. The van der Waals surface area contributed by atoms with Gasteiger partial charge in [0.2, 0.25) is 11.8 Å². The molecule has 1 aliphatic heterocycles. The van der Waals surface area contributed by atoms with Crippen LogP contribution in [-0.2, 0) is 23.2 Å². The minimum atomic E-state index is -0.482. The Hall–Kier alpha value is -1.92. The van der Waals surface area contributed by atoms with Crippen molar-refractivity contribution < 1.29 is 9.59 Å². The van der Waals surface area contributed by atoms with Gasteiger partial charge in [-0.2, -0.15) is 0 Å². The Morgan fingerprint density at radius 1 is 1.45 bits per heavy atom. The molecule has 0 aliphatic carbocycles. The fraction of sp³-hybridized carbons (Fsp3) is 0.692. The van der Waals surface area contributed by atoms with E-state index in [9.17, 15) is 9.59 Å². The molecule has 2 rings (SSSR count). The molecule has 1 aromatic heterocycles. The highest BCUT2D eigenvalue weighted by molar-refractivity contribution is 5.96. The van der Waals surface area contributed by atoms with E-state index in [0.717, 1.165) is 6.42 Å². The number of hydrogen-bond donors (Lipinski definition) is 1. The molecule has 0 saturated carbocycles. The lowest BCUT2D eigenvalue weighted by Gasteiger charge is -2.39. The number of nitrogens with zero attached hydrogens (tertiary/aromatic N) is 4. The Morgan fingerprint density at radius 3 is 2.70 bits per heavy atom. The van der Waals surface area contributed by atoms with Crippen LogP contribution in [0, 0.1) is 5.92 Å². The van der Waals surface area contributed by atoms with Crippen LogP contribution in [0.4, 0.5) is 0 Å². The van der Waals surface area contributed by atoms with Crippen molar-refractivity contribution in [2.45, 2.75) is 45.8 Å². The molecule has 0 bridgehead atoms. The molecule has 2 amide bonds. The number of nitrogens with one attached hydrogen (secondary N) is 1. The number of hydrogen-bond acceptors (Lipinski definition) is 4. The second-order valence-electron chi connectivity index (χ2n) is 5.40. The van der Waals surface area contributed by atoms with Crippen molar-refractivity contribution in [2.75, 3.05) is 0 Å². The summed E-state index contributed by atoms with van der Waals surface area (Å²) < 4.78 is 1.58. The van der Waals surface area contributed by atoms with Crippen LogP contribution in [-0.4, -0.2) is 43.8 Å². The summed E-state index contributed by atoms with van der Waals surface area (Å²) in [5, 5.41) is 10.6. The molecule has 3 atom stereocenters. The predicted molar refractivity (Wildman–Crippen MR) is 72.4 cm³/mol. The molecular formula is C13H21N5O2. The van der Waals surface area contributed by atoms with E-state index in [2.05, 4.69) is 15.6 Å². The summed E-state index contributed by atoms with van der Waals surface area (Å²) in [6, 6.07) is -0.926. The van der Waals surface area contributed by atoms with E-state index in [1.807, 2.05) is 13.8 Å². The van der Waals surface area contributed by atoms with Gasteiger partial charge in [0, 0.05) is 13.2 Å². The van der Waals surface area contributed by atoms with E-state index < -0.39 is 12.1 Å². The van der Waals surface area contributed by atoms with E-state index >= 15 is 0 Å². The van der Waals surface area contributed by atoms with Crippen molar-refractivity contribution in [1.82, 2.24) is 25.2 Å². The van der Waals surface area contributed by atoms with Gasteiger partial charge >= 0.3 is 0 Å². The smallest absolute Gasteiger partial charge is 0.246 e. The monoisotopic (exact) mass is 279 g/mol. The highest BCUT2D eigenvalue weighted by atomic mass is 16.2. The molecule has 1 aliphatic rings. The van der Waals surface area contributed by atoms with Crippen LogP contribution in [0.15, 0.2) is 6.20 Å². The van der Waals surface area contributed by atoms with Gasteiger partial charge in [-0.15, -0.1) is 5.10 Å². The van der Waals surface area contributed by atoms with Gasteiger partial charge < -0.3 is 10.2 Å². The zero-order valence-electron chi connectivity index (χ0n) is 12.3. The predicted octanol–water partition coefficient (Wildman–Crippen LogP) is 0.0767. The summed E-state index contributed by atoms with van der Waals surface area (Å²) in [7, 11) is 1.77. The lowest BCUT2D eigenvalue weighted by Crippen LogP contribution is -2.63. The molecule has 1 fully saturated rings. The third-order valence-corrected chi connectivity index (χ3v) is 3.89. The summed E-state index contributed by atoms with van der Waals surface area (Å²) in [4.78, 5) is 26.2. The van der Waals surface area contributed by atoms with Crippen molar-refractivity contribution in [3.8, 4) is 0 Å². The Kier molecular flexibility index (Phi) is 4.06. The summed E-state index contributed by atoms with van der Waals surface area (Å²) >= 11 is 0. The van der Waals surface area contributed by atoms with Gasteiger partial charge in [0.05, 0.1) is 6.54 Å². The zero-order chi connectivity index (χ0) is 14.9. The molecular weight excluding hydrogens is 258 g/mol. The van der Waals surface area contributed by atoms with Crippen LogP contribution in [0.3, 0.4) is 0 Å². The second-order valence-corrected chi connectivity index (χ2v) is 5.40. The maximum Gasteiger partial charge on any atom is 0.246 e. The Labute approximate surface area is 118 Å². The largest absolute Gasteiger partial charge is 0.342 e. The van der Waals surface area contributed by atoms with E-state index in [-0.39, 0.29) is 17.7 Å². The molecule has 0 aromatic carbocycles. The average molecular weight is 279 g/mol. The maximum atomic E-state index is 12.5. The van der Waals surface area contributed by atoms with Crippen molar-refractivity contribution in [2.24, 2.45) is 13.0 Å². The molecule has 3 unspecified atom stereocenters. The van der Waals surface area contributed by atoms with Gasteiger partial charge in [0.15, 0.2) is 0 Å². The third-order valence-electron chi connectivity index (χ3n) is 3.89. The van der Waals surface area contributed by atoms with Crippen LogP contribution in [0.5, 0.6) is 0 Å². The van der Waals surface area contributed by atoms with Gasteiger partial charge in [0.25, 0.3) is 0 Å². The number of carbonyl (C=O) groups excluding carboxylic acids is 2. The number of amides is 2. The van der Waals surface area contributed by atoms with Crippen LogP contribution < -0.4 is 5.32 Å². The first-order chi connectivity index (χ1) is 9.43. The van der Waals surface area contributed by atoms with Gasteiger partial charge in [-0.05, 0) is 12.8 Å². The lowest BCUT2D eigenvalue weighted by atomic mass is 9.94. The number of rotatable bonds is 4. The van der Waals surface area contributed by atoms with Gasteiger partial charge in [-0.25, -0.2) is 0 Å². The van der Waals surface area contributed by atoms with Crippen molar-refractivity contribution in [3.63, 3.8) is 0 Å². The molecule has 7 heteroatoms. The normalized spacial score (nSPS) is 24.7. The van der Waals surface area contributed by atoms with Crippen LogP contribution in [0.25, 0.3) is 0 Å². The molecule has 1 N–H and O–H groups in total. The average Bonchev–Trinajstić information content (AvgIpc) is 2.83. The second kappa shape index (κ2) is 5.60. The van der Waals surface area contributed by atoms with E-state index in [1.54, 1.807) is 29.7 Å². The zero-order valence-corrected chi connectivity index (χ0v) is 12.3. The minimum Gasteiger partial charge on any atom is -0.342 e. The Morgan fingerprint density at radius 2 is 2.15 bits per heavy atom. The fourth-order valence-corrected chi connectivity index (χ4v) is 2.33. The molecule has 110 valence electrons. The van der Waals surface area contributed by atoms with Crippen molar-refractivity contribution in [3.05, 3.63) is 11.9 Å². The van der Waals surface area contributed by atoms with Crippen molar-refractivity contribution in [1.29, 1.82) is 0 Å². The molecule has 0 radical (unpaired) electrons. The highest BCUT2D eigenvalue weighted by Gasteiger charge is 2.40. The quantitative estimate of drug-likeness (QED) is 0.846.